The topological polar surface area (TPSA) is 81.6 Å². The molecule has 0 aromatic heterocycles. The van der Waals surface area contributed by atoms with Gasteiger partial charge < -0.3 is 10.5 Å². The Morgan fingerprint density at radius 1 is 1.50 bits per heavy atom. The fourth-order valence-corrected chi connectivity index (χ4v) is 1.46. The minimum atomic E-state index is -0.736. The number of nitrogens with zero attached hydrogens (tertiary/aromatic N) is 1. The lowest BCUT2D eigenvalue weighted by Gasteiger charge is -2.17. The normalized spacial score (nSPS) is 12.1. The van der Waals surface area contributed by atoms with Gasteiger partial charge in [-0.15, -0.1) is 0 Å². The molecule has 0 bridgehead atoms. The number of amides is 1. The monoisotopic (exact) mass is 223 g/mol. The highest BCUT2D eigenvalue weighted by atomic mass is 16.5. The second-order valence-corrected chi connectivity index (χ2v) is 3.66. The quantitative estimate of drug-likeness (QED) is 0.439. The fourth-order valence-electron chi connectivity index (χ4n) is 1.46. The van der Waals surface area contributed by atoms with Crippen molar-refractivity contribution in [3.8, 4) is 5.75 Å². The molecule has 0 fully saturated rings. The first-order valence-corrected chi connectivity index (χ1v) is 4.89. The third-order valence-electron chi connectivity index (χ3n) is 2.39. The molecule has 1 aromatic rings. The van der Waals surface area contributed by atoms with Crippen LogP contribution in [0.1, 0.15) is 17.2 Å². The molecule has 0 aliphatic rings. The van der Waals surface area contributed by atoms with E-state index in [0.29, 0.717) is 0 Å². The SMILES string of the molecule is COc1ccc(C(N)C(=O)N(C)N)cc1C. The van der Waals surface area contributed by atoms with E-state index in [0.717, 1.165) is 21.9 Å². The van der Waals surface area contributed by atoms with Crippen LogP contribution in [0.5, 0.6) is 5.75 Å². The van der Waals surface area contributed by atoms with Crippen molar-refractivity contribution in [2.24, 2.45) is 11.6 Å². The summed E-state index contributed by atoms with van der Waals surface area (Å²) in [6.45, 7) is 1.89. The summed E-state index contributed by atoms with van der Waals surface area (Å²) in [6.07, 6.45) is 0. The van der Waals surface area contributed by atoms with Crippen LogP contribution < -0.4 is 16.3 Å². The summed E-state index contributed by atoms with van der Waals surface area (Å²) in [7, 11) is 3.07. The number of hydrazine groups is 1. The molecule has 1 unspecified atom stereocenters. The number of ether oxygens (including phenoxy) is 1. The molecule has 1 atom stereocenters. The molecule has 0 aliphatic carbocycles. The number of carbonyl (C=O) groups excluding carboxylic acids is 1. The Morgan fingerprint density at radius 2 is 2.12 bits per heavy atom. The number of carbonyl (C=O) groups is 1. The molecule has 1 rings (SSSR count). The maximum absolute atomic E-state index is 11.6. The predicted molar refractivity (Wildman–Crippen MR) is 61.6 cm³/mol. The molecule has 4 N–H and O–H groups in total. The van der Waals surface area contributed by atoms with Gasteiger partial charge in [-0.25, -0.2) is 5.84 Å². The number of likely N-dealkylation sites (N-methyl/N-ethyl adjacent to an activating group) is 1. The van der Waals surface area contributed by atoms with Gasteiger partial charge in [-0.3, -0.25) is 9.80 Å². The van der Waals surface area contributed by atoms with E-state index in [9.17, 15) is 4.79 Å². The van der Waals surface area contributed by atoms with Gasteiger partial charge in [-0.1, -0.05) is 12.1 Å². The van der Waals surface area contributed by atoms with Crippen molar-refractivity contribution >= 4 is 5.91 Å². The first-order chi connectivity index (χ1) is 7.47. The smallest absolute Gasteiger partial charge is 0.257 e. The highest BCUT2D eigenvalue weighted by molar-refractivity contribution is 5.82. The predicted octanol–water partition coefficient (Wildman–Crippen LogP) is 0.336. The molecule has 0 radical (unpaired) electrons. The van der Waals surface area contributed by atoms with Crippen molar-refractivity contribution in [2.75, 3.05) is 14.2 Å². The van der Waals surface area contributed by atoms with Gasteiger partial charge in [0, 0.05) is 7.05 Å². The average Bonchev–Trinajstić information content (AvgIpc) is 2.26. The summed E-state index contributed by atoms with van der Waals surface area (Å²) in [5.74, 6) is 5.79. The van der Waals surface area contributed by atoms with E-state index in [1.54, 1.807) is 19.2 Å². The molecule has 88 valence electrons. The summed E-state index contributed by atoms with van der Waals surface area (Å²) in [6, 6.07) is 4.64. The van der Waals surface area contributed by atoms with Crippen LogP contribution in [0.2, 0.25) is 0 Å². The minimum absolute atomic E-state index is 0.329. The lowest BCUT2D eigenvalue weighted by Crippen LogP contribution is -2.40. The van der Waals surface area contributed by atoms with Crippen molar-refractivity contribution in [1.29, 1.82) is 0 Å². The van der Waals surface area contributed by atoms with E-state index < -0.39 is 6.04 Å². The van der Waals surface area contributed by atoms with Gasteiger partial charge in [0.25, 0.3) is 5.91 Å². The number of benzene rings is 1. The summed E-state index contributed by atoms with van der Waals surface area (Å²) in [5.41, 5.74) is 7.44. The molecular formula is C11H17N3O2. The van der Waals surface area contributed by atoms with Crippen LogP contribution >= 0.6 is 0 Å². The molecule has 1 amide bonds. The first-order valence-electron chi connectivity index (χ1n) is 4.89. The zero-order valence-electron chi connectivity index (χ0n) is 9.73. The molecule has 1 aromatic carbocycles. The lowest BCUT2D eigenvalue weighted by molar-refractivity contribution is -0.131. The Hall–Kier alpha value is -1.59. The molecule has 5 nitrogen and oxygen atoms in total. The molecule has 0 heterocycles. The minimum Gasteiger partial charge on any atom is -0.496 e. The molecule has 0 saturated heterocycles. The van der Waals surface area contributed by atoms with Crippen LogP contribution in [0.15, 0.2) is 18.2 Å². The van der Waals surface area contributed by atoms with E-state index >= 15 is 0 Å². The third-order valence-corrected chi connectivity index (χ3v) is 2.39. The van der Waals surface area contributed by atoms with Crippen molar-refractivity contribution in [2.45, 2.75) is 13.0 Å². The van der Waals surface area contributed by atoms with Crippen LogP contribution in [0.4, 0.5) is 0 Å². The number of hydrogen-bond donors (Lipinski definition) is 2. The van der Waals surface area contributed by atoms with Gasteiger partial charge in [-0.05, 0) is 24.1 Å². The lowest BCUT2D eigenvalue weighted by atomic mass is 10.0. The van der Waals surface area contributed by atoms with Crippen molar-refractivity contribution in [3.63, 3.8) is 0 Å². The third kappa shape index (κ3) is 2.50. The second kappa shape index (κ2) is 4.96. The zero-order valence-corrected chi connectivity index (χ0v) is 9.73. The van der Waals surface area contributed by atoms with Crippen molar-refractivity contribution in [1.82, 2.24) is 5.01 Å². The summed E-state index contributed by atoms with van der Waals surface area (Å²) >= 11 is 0. The first kappa shape index (κ1) is 12.5. The van der Waals surface area contributed by atoms with Crippen LogP contribution in [0.3, 0.4) is 0 Å². The molecule has 0 saturated carbocycles. The Balaban J connectivity index is 2.97. The van der Waals surface area contributed by atoms with Crippen molar-refractivity contribution in [3.05, 3.63) is 29.3 Å². The Bertz CT molecular complexity index is 391. The fraction of sp³-hybridized carbons (Fsp3) is 0.364. The van der Waals surface area contributed by atoms with Gasteiger partial charge >= 0.3 is 0 Å². The van der Waals surface area contributed by atoms with Gasteiger partial charge in [0.1, 0.15) is 11.8 Å². The average molecular weight is 223 g/mol. The molecular weight excluding hydrogens is 206 g/mol. The van der Waals surface area contributed by atoms with E-state index in [4.69, 9.17) is 16.3 Å². The number of methoxy groups -OCH3 is 1. The highest BCUT2D eigenvalue weighted by Crippen LogP contribution is 2.21. The van der Waals surface area contributed by atoms with Gasteiger partial charge in [0.2, 0.25) is 0 Å². The summed E-state index contributed by atoms with van der Waals surface area (Å²) in [4.78, 5) is 11.6. The molecule has 0 aliphatic heterocycles. The van der Waals surface area contributed by atoms with Crippen LogP contribution in [0.25, 0.3) is 0 Å². The summed E-state index contributed by atoms with van der Waals surface area (Å²) in [5, 5.41) is 0.990. The van der Waals surface area contributed by atoms with E-state index in [1.807, 2.05) is 13.0 Å². The molecule has 5 heteroatoms. The number of aryl methyl sites for hydroxylation is 1. The van der Waals surface area contributed by atoms with E-state index in [2.05, 4.69) is 0 Å². The maximum Gasteiger partial charge on any atom is 0.257 e. The van der Waals surface area contributed by atoms with Gasteiger partial charge in [-0.2, -0.15) is 0 Å². The number of rotatable bonds is 3. The standard InChI is InChI=1S/C11H17N3O2/c1-7-6-8(4-5-9(7)16-3)10(12)11(15)14(2)13/h4-6,10H,12-13H2,1-3H3. The Labute approximate surface area is 94.9 Å². The maximum atomic E-state index is 11.6. The van der Waals surface area contributed by atoms with Crippen LogP contribution in [-0.4, -0.2) is 25.1 Å². The van der Waals surface area contributed by atoms with Crippen LogP contribution in [-0.2, 0) is 4.79 Å². The van der Waals surface area contributed by atoms with Crippen LogP contribution in [0, 0.1) is 6.92 Å². The number of nitrogens with two attached hydrogens (primary N) is 2. The largest absolute Gasteiger partial charge is 0.496 e. The zero-order chi connectivity index (χ0) is 12.3. The Kier molecular flexibility index (Phi) is 3.87. The second-order valence-electron chi connectivity index (χ2n) is 3.66. The molecule has 0 spiro atoms. The van der Waals surface area contributed by atoms with E-state index in [1.165, 1.54) is 7.05 Å². The van der Waals surface area contributed by atoms with Gasteiger partial charge in [0.15, 0.2) is 0 Å². The highest BCUT2D eigenvalue weighted by Gasteiger charge is 2.18. The Morgan fingerprint density at radius 3 is 2.56 bits per heavy atom. The number of hydrogen-bond acceptors (Lipinski definition) is 4. The molecule has 16 heavy (non-hydrogen) atoms. The van der Waals surface area contributed by atoms with E-state index in [-0.39, 0.29) is 5.91 Å². The summed E-state index contributed by atoms with van der Waals surface area (Å²) < 4.78 is 5.13. The van der Waals surface area contributed by atoms with Gasteiger partial charge in [0.05, 0.1) is 7.11 Å². The van der Waals surface area contributed by atoms with Crippen molar-refractivity contribution < 1.29 is 9.53 Å².